The molecule has 1 aliphatic rings. The van der Waals surface area contributed by atoms with Crippen molar-refractivity contribution in [3.8, 4) is 17.2 Å². The second kappa shape index (κ2) is 15.1. The number of carbonyl (C=O) groups excluding carboxylic acids is 2. The zero-order valence-electron chi connectivity index (χ0n) is 24.2. The second-order valence-electron chi connectivity index (χ2n) is 10.0. The Balaban J connectivity index is 1.48. The van der Waals surface area contributed by atoms with E-state index in [2.05, 4.69) is 22.3 Å². The molecule has 1 aliphatic heterocycles. The number of carbonyl (C=O) groups is 2. The number of rotatable bonds is 14. The third-order valence-electron chi connectivity index (χ3n) is 7.24. The highest BCUT2D eigenvalue weighted by atomic mass is 16.5. The lowest BCUT2D eigenvalue weighted by Crippen LogP contribution is -2.43. The van der Waals surface area contributed by atoms with Gasteiger partial charge in [-0.25, -0.2) is 0 Å². The lowest BCUT2D eigenvalue weighted by Gasteiger charge is -2.37. The van der Waals surface area contributed by atoms with Crippen LogP contribution in [0.3, 0.4) is 0 Å². The van der Waals surface area contributed by atoms with Crippen LogP contribution < -0.4 is 19.5 Å². The Labute approximate surface area is 242 Å². The lowest BCUT2D eigenvalue weighted by molar-refractivity contribution is -0.143. The molecule has 0 radical (unpaired) electrons. The average Bonchev–Trinajstić information content (AvgIpc) is 3.00. The van der Waals surface area contributed by atoms with Gasteiger partial charge in [0.15, 0.2) is 11.5 Å². The number of esters is 1. The first-order valence-electron chi connectivity index (χ1n) is 14.2. The minimum atomic E-state index is -0.201. The minimum absolute atomic E-state index is 0.00260. The van der Waals surface area contributed by atoms with Gasteiger partial charge in [-0.15, -0.1) is 0 Å². The quantitative estimate of drug-likeness (QED) is 0.222. The van der Waals surface area contributed by atoms with Crippen molar-refractivity contribution in [2.75, 3.05) is 40.5 Å². The summed E-state index contributed by atoms with van der Waals surface area (Å²) in [6.07, 6.45) is 2.46. The van der Waals surface area contributed by atoms with Crippen molar-refractivity contribution >= 4 is 11.9 Å². The van der Waals surface area contributed by atoms with Crippen molar-refractivity contribution in [1.29, 1.82) is 0 Å². The maximum absolute atomic E-state index is 13.0. The minimum Gasteiger partial charge on any atom is -0.494 e. The number of methoxy groups -OCH3 is 2. The number of hydrogen-bond acceptors (Lipinski definition) is 7. The molecule has 0 saturated heterocycles. The Bertz CT molecular complexity index is 1300. The van der Waals surface area contributed by atoms with Crippen molar-refractivity contribution < 1.29 is 28.5 Å². The fourth-order valence-corrected chi connectivity index (χ4v) is 5.17. The molecule has 1 heterocycles. The number of amides is 1. The second-order valence-corrected chi connectivity index (χ2v) is 10.0. The van der Waals surface area contributed by atoms with Gasteiger partial charge in [-0.2, -0.15) is 0 Å². The van der Waals surface area contributed by atoms with Gasteiger partial charge < -0.3 is 24.3 Å². The van der Waals surface area contributed by atoms with E-state index in [4.69, 9.17) is 18.9 Å². The summed E-state index contributed by atoms with van der Waals surface area (Å²) in [4.78, 5) is 26.9. The summed E-state index contributed by atoms with van der Waals surface area (Å²) in [5.41, 5.74) is 4.55. The fraction of sp³-hybridized carbons (Fsp3) is 0.394. The van der Waals surface area contributed by atoms with E-state index in [1.807, 2.05) is 54.6 Å². The molecule has 4 rings (SSSR count). The molecule has 1 amide bonds. The van der Waals surface area contributed by atoms with Crippen LogP contribution in [-0.4, -0.2) is 57.3 Å². The predicted molar refractivity (Wildman–Crippen MR) is 157 cm³/mol. The van der Waals surface area contributed by atoms with Crippen molar-refractivity contribution in [2.45, 2.75) is 45.2 Å². The van der Waals surface area contributed by atoms with Crippen LogP contribution in [0.1, 0.15) is 48.1 Å². The number of ether oxygens (including phenoxy) is 4. The molecule has 0 spiro atoms. The van der Waals surface area contributed by atoms with Gasteiger partial charge >= 0.3 is 5.97 Å². The molecule has 1 N–H and O–H groups in total. The van der Waals surface area contributed by atoms with E-state index in [0.717, 1.165) is 29.8 Å². The van der Waals surface area contributed by atoms with Gasteiger partial charge in [0.1, 0.15) is 5.75 Å². The molecular weight excluding hydrogens is 520 g/mol. The smallest absolute Gasteiger partial charge is 0.305 e. The van der Waals surface area contributed by atoms with Crippen LogP contribution in [-0.2, 0) is 33.7 Å². The van der Waals surface area contributed by atoms with Crippen molar-refractivity contribution in [1.82, 2.24) is 10.2 Å². The van der Waals surface area contributed by atoms with Crippen molar-refractivity contribution in [2.24, 2.45) is 0 Å². The van der Waals surface area contributed by atoms with E-state index >= 15 is 0 Å². The van der Waals surface area contributed by atoms with E-state index in [9.17, 15) is 9.59 Å². The third kappa shape index (κ3) is 8.47. The topological polar surface area (TPSA) is 86.3 Å². The first-order valence-corrected chi connectivity index (χ1v) is 14.2. The van der Waals surface area contributed by atoms with Gasteiger partial charge in [-0.05, 0) is 72.7 Å². The fourth-order valence-electron chi connectivity index (χ4n) is 5.17. The Hall–Kier alpha value is -4.04. The highest BCUT2D eigenvalue weighted by Crippen LogP contribution is 2.36. The van der Waals surface area contributed by atoms with Gasteiger partial charge in [0, 0.05) is 25.6 Å². The van der Waals surface area contributed by atoms with Crippen LogP contribution >= 0.6 is 0 Å². The number of fused-ring (bicyclic) bond motifs is 1. The van der Waals surface area contributed by atoms with Gasteiger partial charge in [-0.1, -0.05) is 42.5 Å². The molecule has 41 heavy (non-hydrogen) atoms. The summed E-state index contributed by atoms with van der Waals surface area (Å²) < 4.78 is 21.9. The maximum Gasteiger partial charge on any atom is 0.305 e. The summed E-state index contributed by atoms with van der Waals surface area (Å²) in [5.74, 6) is 1.94. The lowest BCUT2D eigenvalue weighted by atomic mass is 9.88. The zero-order chi connectivity index (χ0) is 29.0. The Morgan fingerprint density at radius 2 is 1.76 bits per heavy atom. The van der Waals surface area contributed by atoms with E-state index in [-0.39, 0.29) is 17.9 Å². The molecule has 0 aliphatic carbocycles. The summed E-state index contributed by atoms with van der Waals surface area (Å²) in [6.45, 7) is 4.19. The van der Waals surface area contributed by atoms with Gasteiger partial charge in [-0.3, -0.25) is 14.5 Å². The Morgan fingerprint density at radius 3 is 2.51 bits per heavy atom. The van der Waals surface area contributed by atoms with Gasteiger partial charge in [0.05, 0.1) is 34.0 Å². The molecule has 8 heteroatoms. The van der Waals surface area contributed by atoms with Crippen LogP contribution in [0, 0.1) is 0 Å². The Morgan fingerprint density at radius 1 is 0.951 bits per heavy atom. The molecule has 1 unspecified atom stereocenters. The van der Waals surface area contributed by atoms with Gasteiger partial charge in [0.2, 0.25) is 5.91 Å². The molecule has 0 aromatic heterocycles. The van der Waals surface area contributed by atoms with E-state index in [0.29, 0.717) is 57.1 Å². The standard InChI is InChI=1S/C33H40N2O6/c1-4-40-33(37)11-8-18-41-27-13-14-28-26(21-27)16-17-35(23-32(36)34-22-24-9-6-5-7-10-24)29(28)19-25-12-15-30(38-2)31(20-25)39-3/h5-7,9-10,12-15,20-21,29H,4,8,11,16-19,22-23H2,1-3H3,(H,34,36). The molecular formula is C33H40N2O6. The van der Waals surface area contributed by atoms with E-state index in [1.165, 1.54) is 11.1 Å². The number of hydrogen-bond donors (Lipinski definition) is 1. The highest BCUT2D eigenvalue weighted by molar-refractivity contribution is 5.78. The predicted octanol–water partition coefficient (Wildman–Crippen LogP) is 4.88. The van der Waals surface area contributed by atoms with Crippen LogP contribution in [0.25, 0.3) is 0 Å². The normalized spacial score (nSPS) is 14.6. The first kappa shape index (κ1) is 29.9. The van der Waals surface area contributed by atoms with Crippen LogP contribution in [0.15, 0.2) is 66.7 Å². The molecule has 0 saturated carbocycles. The summed E-state index contributed by atoms with van der Waals surface area (Å²) in [7, 11) is 3.26. The monoisotopic (exact) mass is 560 g/mol. The summed E-state index contributed by atoms with van der Waals surface area (Å²) in [6, 6.07) is 22.1. The number of benzene rings is 3. The SMILES string of the molecule is CCOC(=O)CCCOc1ccc2c(c1)CCN(CC(=O)NCc1ccccc1)C2Cc1ccc(OC)c(OC)c1. The maximum atomic E-state index is 13.0. The van der Waals surface area contributed by atoms with Crippen molar-refractivity contribution in [3.63, 3.8) is 0 Å². The third-order valence-corrected chi connectivity index (χ3v) is 7.24. The molecule has 1 atom stereocenters. The molecule has 3 aromatic carbocycles. The van der Waals surface area contributed by atoms with E-state index in [1.54, 1.807) is 21.1 Å². The highest BCUT2D eigenvalue weighted by Gasteiger charge is 2.29. The average molecular weight is 561 g/mol. The first-order chi connectivity index (χ1) is 20.0. The van der Waals surface area contributed by atoms with Gasteiger partial charge in [0.25, 0.3) is 0 Å². The van der Waals surface area contributed by atoms with Crippen LogP contribution in [0.2, 0.25) is 0 Å². The molecule has 0 fully saturated rings. The molecule has 3 aromatic rings. The molecule has 218 valence electrons. The largest absolute Gasteiger partial charge is 0.494 e. The number of nitrogens with zero attached hydrogens (tertiary/aromatic N) is 1. The molecule has 0 bridgehead atoms. The van der Waals surface area contributed by atoms with Crippen LogP contribution in [0.5, 0.6) is 17.2 Å². The zero-order valence-corrected chi connectivity index (χ0v) is 24.2. The van der Waals surface area contributed by atoms with E-state index < -0.39 is 0 Å². The van der Waals surface area contributed by atoms with Crippen LogP contribution in [0.4, 0.5) is 0 Å². The Kier molecular flexibility index (Phi) is 11.0. The number of nitrogens with one attached hydrogen (secondary N) is 1. The van der Waals surface area contributed by atoms with Crippen molar-refractivity contribution in [3.05, 3.63) is 89.0 Å². The molecule has 8 nitrogen and oxygen atoms in total. The summed E-state index contributed by atoms with van der Waals surface area (Å²) >= 11 is 0. The summed E-state index contributed by atoms with van der Waals surface area (Å²) in [5, 5.41) is 3.07.